The zero-order valence-electron chi connectivity index (χ0n) is 10.1. The maximum atomic E-state index is 12.1. The zero-order chi connectivity index (χ0) is 12.8. The molecule has 0 saturated carbocycles. The molecule has 1 N–H and O–H groups in total. The van der Waals surface area contributed by atoms with Crippen LogP contribution in [0.15, 0.2) is 29.8 Å². The van der Waals surface area contributed by atoms with Crippen molar-refractivity contribution >= 4 is 17.3 Å². The molecular weight excluding hydrogens is 216 g/mol. The van der Waals surface area contributed by atoms with Crippen LogP contribution in [-0.4, -0.2) is 16.7 Å². The van der Waals surface area contributed by atoms with Crippen molar-refractivity contribution in [3.05, 3.63) is 41.0 Å². The lowest BCUT2D eigenvalue weighted by atomic mass is 9.85. The summed E-state index contributed by atoms with van der Waals surface area (Å²) in [4.78, 5) is 24.2. The van der Waals surface area contributed by atoms with Crippen molar-refractivity contribution in [3.8, 4) is 0 Å². The van der Waals surface area contributed by atoms with E-state index in [1.54, 1.807) is 45.0 Å². The SMILES string of the molecule is CC(C)(C)C(=O)C1=C(O)c2ccccc2C1=O. The highest BCUT2D eigenvalue weighted by Crippen LogP contribution is 2.34. The third-order valence-corrected chi connectivity index (χ3v) is 2.80. The van der Waals surface area contributed by atoms with Gasteiger partial charge in [0.2, 0.25) is 5.78 Å². The van der Waals surface area contributed by atoms with Gasteiger partial charge in [0, 0.05) is 16.5 Å². The molecule has 1 aromatic carbocycles. The smallest absolute Gasteiger partial charge is 0.201 e. The molecule has 0 aromatic heterocycles. The van der Waals surface area contributed by atoms with Gasteiger partial charge in [-0.25, -0.2) is 0 Å². The van der Waals surface area contributed by atoms with Gasteiger partial charge in [0.25, 0.3) is 0 Å². The summed E-state index contributed by atoms with van der Waals surface area (Å²) >= 11 is 0. The normalized spacial score (nSPS) is 15.1. The molecule has 2 rings (SSSR count). The number of carbonyl (C=O) groups is 2. The molecule has 0 fully saturated rings. The molecule has 1 aliphatic rings. The van der Waals surface area contributed by atoms with Crippen LogP contribution >= 0.6 is 0 Å². The Morgan fingerprint density at radius 3 is 2.12 bits per heavy atom. The van der Waals surface area contributed by atoms with Crippen LogP contribution < -0.4 is 0 Å². The predicted molar refractivity (Wildman–Crippen MR) is 64.8 cm³/mol. The van der Waals surface area contributed by atoms with Crippen molar-refractivity contribution in [2.45, 2.75) is 20.8 Å². The van der Waals surface area contributed by atoms with Crippen LogP contribution in [0.2, 0.25) is 0 Å². The van der Waals surface area contributed by atoms with Crippen LogP contribution in [0.1, 0.15) is 36.7 Å². The fourth-order valence-corrected chi connectivity index (χ4v) is 1.85. The largest absolute Gasteiger partial charge is 0.506 e. The van der Waals surface area contributed by atoms with Crippen LogP contribution in [0.3, 0.4) is 0 Å². The van der Waals surface area contributed by atoms with Crippen molar-refractivity contribution in [1.29, 1.82) is 0 Å². The minimum Gasteiger partial charge on any atom is -0.506 e. The Morgan fingerprint density at radius 1 is 1.12 bits per heavy atom. The van der Waals surface area contributed by atoms with Crippen LogP contribution in [-0.2, 0) is 4.79 Å². The maximum absolute atomic E-state index is 12.1. The Labute approximate surface area is 99.8 Å². The number of Topliss-reactive ketones (excluding diaryl/α,β-unsaturated/α-hetero) is 2. The number of carbonyl (C=O) groups excluding carboxylic acids is 2. The second-order valence-corrected chi connectivity index (χ2v) is 5.18. The van der Waals surface area contributed by atoms with Gasteiger partial charge >= 0.3 is 0 Å². The first-order chi connectivity index (χ1) is 7.84. The summed E-state index contributed by atoms with van der Waals surface area (Å²) in [6.45, 7) is 5.18. The third kappa shape index (κ3) is 1.68. The van der Waals surface area contributed by atoms with Crippen LogP contribution in [0.5, 0.6) is 0 Å². The minimum atomic E-state index is -0.680. The number of hydrogen-bond donors (Lipinski definition) is 1. The lowest BCUT2D eigenvalue weighted by molar-refractivity contribution is -0.122. The quantitative estimate of drug-likeness (QED) is 0.755. The van der Waals surface area contributed by atoms with Crippen molar-refractivity contribution < 1.29 is 14.7 Å². The lowest BCUT2D eigenvalue weighted by Gasteiger charge is -2.16. The van der Waals surface area contributed by atoms with Gasteiger partial charge in [0.05, 0.1) is 0 Å². The predicted octanol–water partition coefficient (Wildman–Crippen LogP) is 2.77. The highest BCUT2D eigenvalue weighted by Gasteiger charge is 2.38. The number of rotatable bonds is 1. The van der Waals surface area contributed by atoms with Gasteiger partial charge in [-0.15, -0.1) is 0 Å². The molecule has 1 aromatic rings. The molecule has 0 heterocycles. The monoisotopic (exact) mass is 230 g/mol. The number of fused-ring (bicyclic) bond motifs is 1. The van der Waals surface area contributed by atoms with Gasteiger partial charge in [-0.05, 0) is 0 Å². The number of aliphatic hydroxyl groups excluding tert-OH is 1. The van der Waals surface area contributed by atoms with E-state index < -0.39 is 5.41 Å². The Balaban J connectivity index is 2.57. The molecule has 0 amide bonds. The van der Waals surface area contributed by atoms with E-state index in [-0.39, 0.29) is 22.9 Å². The average Bonchev–Trinajstić information content (AvgIpc) is 2.51. The topological polar surface area (TPSA) is 54.4 Å². The molecule has 0 atom stereocenters. The third-order valence-electron chi connectivity index (χ3n) is 2.80. The minimum absolute atomic E-state index is 0.0845. The van der Waals surface area contributed by atoms with Gasteiger partial charge < -0.3 is 5.11 Å². The molecule has 1 aliphatic carbocycles. The van der Waals surface area contributed by atoms with Crippen molar-refractivity contribution in [2.24, 2.45) is 5.41 Å². The Bertz CT molecular complexity index is 545. The number of aliphatic hydroxyl groups is 1. The molecule has 0 spiro atoms. The number of benzene rings is 1. The summed E-state index contributed by atoms with van der Waals surface area (Å²) in [6, 6.07) is 6.71. The highest BCUT2D eigenvalue weighted by atomic mass is 16.3. The second-order valence-electron chi connectivity index (χ2n) is 5.18. The Morgan fingerprint density at radius 2 is 1.65 bits per heavy atom. The number of hydrogen-bond acceptors (Lipinski definition) is 3. The van der Waals surface area contributed by atoms with Crippen molar-refractivity contribution in [2.75, 3.05) is 0 Å². The first kappa shape index (κ1) is 11.6. The van der Waals surface area contributed by atoms with Crippen molar-refractivity contribution in [3.63, 3.8) is 0 Å². The molecule has 17 heavy (non-hydrogen) atoms. The van der Waals surface area contributed by atoms with Gasteiger partial charge in [-0.1, -0.05) is 45.0 Å². The van der Waals surface area contributed by atoms with E-state index in [0.29, 0.717) is 11.1 Å². The zero-order valence-corrected chi connectivity index (χ0v) is 10.1. The first-order valence-corrected chi connectivity index (χ1v) is 5.46. The summed E-state index contributed by atoms with van der Waals surface area (Å²) in [5.41, 5.74) is 0.0856. The Hall–Kier alpha value is -1.90. The van der Waals surface area contributed by atoms with Crippen LogP contribution in [0, 0.1) is 5.41 Å². The van der Waals surface area contributed by atoms with E-state index in [0.717, 1.165) is 0 Å². The molecule has 0 radical (unpaired) electrons. The molecule has 3 heteroatoms. The summed E-state index contributed by atoms with van der Waals surface area (Å²) in [6.07, 6.45) is 0. The lowest BCUT2D eigenvalue weighted by Crippen LogP contribution is -2.25. The van der Waals surface area contributed by atoms with E-state index >= 15 is 0 Å². The first-order valence-electron chi connectivity index (χ1n) is 5.46. The fourth-order valence-electron chi connectivity index (χ4n) is 1.85. The van der Waals surface area contributed by atoms with Crippen molar-refractivity contribution in [1.82, 2.24) is 0 Å². The van der Waals surface area contributed by atoms with Crippen LogP contribution in [0.25, 0.3) is 5.76 Å². The summed E-state index contributed by atoms with van der Waals surface area (Å²) in [7, 11) is 0. The van der Waals surface area contributed by atoms with E-state index in [1.807, 2.05) is 0 Å². The maximum Gasteiger partial charge on any atom is 0.201 e. The van der Waals surface area contributed by atoms with E-state index in [9.17, 15) is 14.7 Å². The van der Waals surface area contributed by atoms with Gasteiger partial charge in [-0.3, -0.25) is 9.59 Å². The van der Waals surface area contributed by atoms with E-state index in [1.165, 1.54) is 0 Å². The molecular formula is C14H14O3. The second kappa shape index (κ2) is 3.55. The van der Waals surface area contributed by atoms with Gasteiger partial charge in [-0.2, -0.15) is 0 Å². The fraction of sp³-hybridized carbons (Fsp3) is 0.286. The highest BCUT2D eigenvalue weighted by molar-refractivity contribution is 6.35. The van der Waals surface area contributed by atoms with E-state index in [2.05, 4.69) is 0 Å². The van der Waals surface area contributed by atoms with Crippen LogP contribution in [0.4, 0.5) is 0 Å². The Kier molecular flexibility index (Phi) is 2.42. The molecule has 0 saturated heterocycles. The number of allylic oxidation sites excluding steroid dienone is 1. The standard InChI is InChI=1S/C14H14O3/c1-14(2,3)13(17)10-11(15)8-6-4-5-7-9(8)12(10)16/h4-7,15H,1-3H3. The molecule has 0 unspecified atom stereocenters. The summed E-state index contributed by atoms with van der Waals surface area (Å²) < 4.78 is 0. The molecule has 3 nitrogen and oxygen atoms in total. The molecule has 0 bridgehead atoms. The average molecular weight is 230 g/mol. The summed E-state index contributed by atoms with van der Waals surface area (Å²) in [5.74, 6) is -0.889. The number of ketones is 2. The van der Waals surface area contributed by atoms with Gasteiger partial charge in [0.15, 0.2) is 5.78 Å². The van der Waals surface area contributed by atoms with Gasteiger partial charge in [0.1, 0.15) is 11.3 Å². The summed E-state index contributed by atoms with van der Waals surface area (Å²) in [5, 5.41) is 9.98. The molecule has 0 aliphatic heterocycles. The van der Waals surface area contributed by atoms with E-state index in [4.69, 9.17) is 0 Å². The molecule has 88 valence electrons.